The van der Waals surface area contributed by atoms with E-state index in [1.807, 2.05) is 0 Å². The highest BCUT2D eigenvalue weighted by Crippen LogP contribution is 2.17. The summed E-state index contributed by atoms with van der Waals surface area (Å²) in [6.45, 7) is 1.10. The normalized spacial score (nSPS) is 14.8. The fraction of sp³-hybridized carbons (Fsp3) is 0.417. The summed E-state index contributed by atoms with van der Waals surface area (Å²) in [5.41, 5.74) is 0.576. The van der Waals surface area contributed by atoms with Gasteiger partial charge in [-0.15, -0.1) is 0 Å². The number of nitrogens with zero attached hydrogens (tertiary/aromatic N) is 5. The molecule has 1 fully saturated rings. The summed E-state index contributed by atoms with van der Waals surface area (Å²) in [6, 6.07) is 1.73. The average molecular weight is 274 g/mol. The first-order chi connectivity index (χ1) is 9.76. The van der Waals surface area contributed by atoms with Gasteiger partial charge in [0.15, 0.2) is 0 Å². The molecule has 0 bridgehead atoms. The molecule has 1 N–H and O–H groups in total. The van der Waals surface area contributed by atoms with Gasteiger partial charge in [-0.05, 0) is 6.42 Å². The first kappa shape index (κ1) is 12.5. The largest absolute Gasteiger partial charge is 0.373 e. The lowest BCUT2D eigenvalue weighted by Gasteiger charge is -2.11. The predicted octanol–water partition coefficient (Wildman–Crippen LogP) is 0.691. The molecule has 0 radical (unpaired) electrons. The van der Waals surface area contributed by atoms with E-state index in [4.69, 9.17) is 4.52 Å². The molecule has 1 aliphatic heterocycles. The SMILES string of the molecule is CNc1cc(-c2noc(CN3CCCC3=O)n2)ncn1. The molecule has 2 aromatic rings. The third-order valence-electron chi connectivity index (χ3n) is 3.12. The van der Waals surface area contributed by atoms with Gasteiger partial charge in [-0.1, -0.05) is 5.16 Å². The zero-order valence-corrected chi connectivity index (χ0v) is 11.0. The molecule has 0 unspecified atom stereocenters. The maximum atomic E-state index is 11.5. The standard InChI is InChI=1S/C12H14N6O2/c1-13-9-5-8(14-7-15-9)12-16-10(20-17-12)6-18-4-2-3-11(18)19/h5,7H,2-4,6H2,1H3,(H,13,14,15). The molecule has 1 amide bonds. The summed E-state index contributed by atoms with van der Waals surface area (Å²) in [7, 11) is 1.77. The molecule has 3 heterocycles. The van der Waals surface area contributed by atoms with Gasteiger partial charge in [0.1, 0.15) is 17.8 Å². The molecular weight excluding hydrogens is 260 g/mol. The van der Waals surface area contributed by atoms with Gasteiger partial charge in [-0.3, -0.25) is 4.79 Å². The quantitative estimate of drug-likeness (QED) is 0.876. The van der Waals surface area contributed by atoms with Crippen molar-refractivity contribution in [1.82, 2.24) is 25.0 Å². The van der Waals surface area contributed by atoms with Gasteiger partial charge in [-0.25, -0.2) is 9.97 Å². The molecule has 2 aromatic heterocycles. The van der Waals surface area contributed by atoms with Crippen LogP contribution in [0, 0.1) is 0 Å². The molecule has 20 heavy (non-hydrogen) atoms. The van der Waals surface area contributed by atoms with Crippen molar-refractivity contribution in [2.24, 2.45) is 0 Å². The van der Waals surface area contributed by atoms with Crippen molar-refractivity contribution >= 4 is 11.7 Å². The van der Waals surface area contributed by atoms with Crippen LogP contribution in [0.2, 0.25) is 0 Å². The van der Waals surface area contributed by atoms with E-state index in [2.05, 4.69) is 25.4 Å². The van der Waals surface area contributed by atoms with E-state index < -0.39 is 0 Å². The first-order valence-corrected chi connectivity index (χ1v) is 6.37. The minimum atomic E-state index is 0.129. The molecule has 0 atom stereocenters. The number of carbonyl (C=O) groups excluding carboxylic acids is 1. The van der Waals surface area contributed by atoms with Crippen LogP contribution >= 0.6 is 0 Å². The second-order valence-corrected chi connectivity index (χ2v) is 4.47. The summed E-state index contributed by atoms with van der Waals surface area (Å²) in [4.78, 5) is 25.7. The van der Waals surface area contributed by atoms with E-state index >= 15 is 0 Å². The van der Waals surface area contributed by atoms with Crippen LogP contribution in [0.5, 0.6) is 0 Å². The maximum absolute atomic E-state index is 11.5. The lowest BCUT2D eigenvalue weighted by Crippen LogP contribution is -2.23. The Hall–Kier alpha value is -2.51. The molecule has 8 nitrogen and oxygen atoms in total. The molecule has 104 valence electrons. The summed E-state index contributed by atoms with van der Waals surface area (Å²) in [6.07, 6.45) is 2.91. The van der Waals surface area contributed by atoms with Crippen molar-refractivity contribution in [3.05, 3.63) is 18.3 Å². The molecule has 8 heteroatoms. The lowest BCUT2D eigenvalue weighted by molar-refractivity contribution is -0.128. The number of hydrogen-bond donors (Lipinski definition) is 1. The van der Waals surface area contributed by atoms with Gasteiger partial charge in [0.2, 0.25) is 17.6 Å². The van der Waals surface area contributed by atoms with E-state index in [0.717, 1.165) is 13.0 Å². The van der Waals surface area contributed by atoms with E-state index in [1.54, 1.807) is 18.0 Å². The van der Waals surface area contributed by atoms with Gasteiger partial charge >= 0.3 is 0 Å². The van der Waals surface area contributed by atoms with Crippen LogP contribution in [-0.4, -0.2) is 44.5 Å². The number of nitrogens with one attached hydrogen (secondary N) is 1. The summed E-state index contributed by atoms with van der Waals surface area (Å²) in [5.74, 6) is 1.62. The Kier molecular flexibility index (Phi) is 3.28. The average Bonchev–Trinajstić information content (AvgIpc) is 3.10. The topological polar surface area (TPSA) is 97.0 Å². The highest BCUT2D eigenvalue weighted by molar-refractivity contribution is 5.77. The van der Waals surface area contributed by atoms with E-state index in [9.17, 15) is 4.79 Å². The Balaban J connectivity index is 1.77. The minimum Gasteiger partial charge on any atom is -0.373 e. The summed E-state index contributed by atoms with van der Waals surface area (Å²) >= 11 is 0. The molecule has 0 saturated carbocycles. The molecule has 1 saturated heterocycles. The van der Waals surface area contributed by atoms with E-state index in [-0.39, 0.29) is 5.91 Å². The minimum absolute atomic E-state index is 0.129. The zero-order valence-electron chi connectivity index (χ0n) is 11.0. The molecule has 0 aromatic carbocycles. The Morgan fingerprint density at radius 3 is 3.10 bits per heavy atom. The number of rotatable bonds is 4. The van der Waals surface area contributed by atoms with Crippen LogP contribution in [-0.2, 0) is 11.3 Å². The maximum Gasteiger partial charge on any atom is 0.246 e. The third-order valence-corrected chi connectivity index (χ3v) is 3.12. The number of hydrogen-bond acceptors (Lipinski definition) is 7. The Labute approximate surface area is 115 Å². The molecule has 0 aliphatic carbocycles. The number of aromatic nitrogens is 4. The number of anilines is 1. The number of amides is 1. The second-order valence-electron chi connectivity index (χ2n) is 4.47. The molecule has 0 spiro atoms. The molecule has 3 rings (SSSR count). The van der Waals surface area contributed by atoms with Crippen molar-refractivity contribution in [3.63, 3.8) is 0 Å². The Morgan fingerprint density at radius 1 is 1.45 bits per heavy atom. The van der Waals surface area contributed by atoms with Gasteiger partial charge in [0.05, 0.1) is 6.54 Å². The van der Waals surface area contributed by atoms with E-state index in [1.165, 1.54) is 6.33 Å². The van der Waals surface area contributed by atoms with Crippen LogP contribution in [0.4, 0.5) is 5.82 Å². The Bertz CT molecular complexity index is 626. The van der Waals surface area contributed by atoms with Gasteiger partial charge in [0.25, 0.3) is 0 Å². The van der Waals surface area contributed by atoms with Gasteiger partial charge < -0.3 is 14.7 Å². The van der Waals surface area contributed by atoms with Crippen molar-refractivity contribution in [1.29, 1.82) is 0 Å². The smallest absolute Gasteiger partial charge is 0.246 e. The summed E-state index contributed by atoms with van der Waals surface area (Å²) in [5, 5.41) is 6.81. The van der Waals surface area contributed by atoms with Crippen LogP contribution in [0.3, 0.4) is 0 Å². The van der Waals surface area contributed by atoms with Crippen molar-refractivity contribution in [3.8, 4) is 11.5 Å². The fourth-order valence-electron chi connectivity index (χ4n) is 2.07. The third kappa shape index (κ3) is 2.44. The number of carbonyl (C=O) groups is 1. The van der Waals surface area contributed by atoms with Crippen LogP contribution < -0.4 is 5.32 Å². The predicted molar refractivity (Wildman–Crippen MR) is 69.5 cm³/mol. The van der Waals surface area contributed by atoms with Crippen LogP contribution in [0.25, 0.3) is 11.5 Å². The monoisotopic (exact) mass is 274 g/mol. The fourth-order valence-corrected chi connectivity index (χ4v) is 2.07. The van der Waals surface area contributed by atoms with Crippen molar-refractivity contribution in [2.75, 3.05) is 18.9 Å². The molecule has 1 aliphatic rings. The Morgan fingerprint density at radius 2 is 2.35 bits per heavy atom. The van der Waals surface area contributed by atoms with Crippen molar-refractivity contribution in [2.45, 2.75) is 19.4 Å². The summed E-state index contributed by atoms with van der Waals surface area (Å²) < 4.78 is 5.17. The highest BCUT2D eigenvalue weighted by Gasteiger charge is 2.22. The van der Waals surface area contributed by atoms with Gasteiger partial charge in [-0.2, -0.15) is 4.98 Å². The van der Waals surface area contributed by atoms with Crippen LogP contribution in [0.15, 0.2) is 16.9 Å². The van der Waals surface area contributed by atoms with E-state index in [0.29, 0.717) is 36.2 Å². The second kappa shape index (κ2) is 5.24. The highest BCUT2D eigenvalue weighted by atomic mass is 16.5. The molecular formula is C12H14N6O2. The van der Waals surface area contributed by atoms with Crippen LogP contribution in [0.1, 0.15) is 18.7 Å². The lowest BCUT2D eigenvalue weighted by atomic mass is 10.3. The van der Waals surface area contributed by atoms with Crippen molar-refractivity contribution < 1.29 is 9.32 Å². The van der Waals surface area contributed by atoms with Gasteiger partial charge in [0, 0.05) is 26.1 Å². The number of likely N-dealkylation sites (tertiary alicyclic amines) is 1. The zero-order chi connectivity index (χ0) is 13.9. The first-order valence-electron chi connectivity index (χ1n) is 6.37.